The fourth-order valence-corrected chi connectivity index (χ4v) is 6.29. The summed E-state index contributed by atoms with van der Waals surface area (Å²) in [7, 11) is 0. The van der Waals surface area contributed by atoms with Crippen molar-refractivity contribution in [2.45, 2.75) is 25.9 Å². The molecule has 0 spiro atoms. The summed E-state index contributed by atoms with van der Waals surface area (Å²) in [6.45, 7) is 1.54. The number of fused-ring (bicyclic) bond motifs is 1. The van der Waals surface area contributed by atoms with Crippen molar-refractivity contribution < 1.29 is 19.4 Å². The number of rotatable bonds is 11. The van der Waals surface area contributed by atoms with E-state index in [1.54, 1.807) is 24.3 Å². The van der Waals surface area contributed by atoms with Gasteiger partial charge in [0.1, 0.15) is 18.0 Å². The average Bonchev–Trinajstić information content (AvgIpc) is 3.46. The van der Waals surface area contributed by atoms with Crippen molar-refractivity contribution in [2.75, 3.05) is 18.4 Å². The zero-order chi connectivity index (χ0) is 31.9. The summed E-state index contributed by atoms with van der Waals surface area (Å²) >= 11 is 5.71. The van der Waals surface area contributed by atoms with Crippen molar-refractivity contribution in [1.82, 2.24) is 4.48 Å². The Morgan fingerprint density at radius 1 is 0.761 bits per heavy atom. The number of carboxylic acids is 1. The van der Waals surface area contributed by atoms with Crippen LogP contribution in [0.4, 0.5) is 11.4 Å². The van der Waals surface area contributed by atoms with E-state index in [9.17, 15) is 14.7 Å². The average molecular weight is 628 g/mol. The molecule has 1 aliphatic heterocycles. The van der Waals surface area contributed by atoms with Crippen molar-refractivity contribution in [3.63, 3.8) is 0 Å². The van der Waals surface area contributed by atoms with Crippen molar-refractivity contribution in [1.29, 1.82) is 0 Å². The summed E-state index contributed by atoms with van der Waals surface area (Å²) in [5.41, 5.74) is 6.95. The van der Waals surface area contributed by atoms with Crippen molar-refractivity contribution >= 4 is 40.5 Å². The smallest absolute Gasteiger partial charge is 0.350 e. The van der Waals surface area contributed by atoms with Crippen LogP contribution in [-0.2, 0) is 19.4 Å². The largest absolute Gasteiger partial charge is 0.489 e. The number of quaternary nitrogens is 1. The normalized spacial score (nSPS) is 15.1. The van der Waals surface area contributed by atoms with E-state index in [1.165, 1.54) is 5.56 Å². The number of aromatic carboxylic acids is 1. The van der Waals surface area contributed by atoms with E-state index in [1.807, 2.05) is 84.9 Å². The topological polar surface area (TPSA) is 75.6 Å². The summed E-state index contributed by atoms with van der Waals surface area (Å²) < 4.78 is 6.26. The first-order valence-corrected chi connectivity index (χ1v) is 15.8. The van der Waals surface area contributed by atoms with Gasteiger partial charge in [-0.15, -0.1) is 0 Å². The SMILES string of the molecule is O=C(O)c1cccc(NC(=S)CC[N+]2(C(=O)c3ccc(Cc4ccccc4)cc3)CCc3cc(OCc4ccccc4)ccc32)c1. The van der Waals surface area contributed by atoms with Crippen LogP contribution < -0.4 is 14.5 Å². The molecule has 1 atom stereocenters. The van der Waals surface area contributed by atoms with Gasteiger partial charge in [0.25, 0.3) is 0 Å². The minimum absolute atomic E-state index is 0.0265. The first kappa shape index (κ1) is 30.9. The Labute approximate surface area is 274 Å². The first-order chi connectivity index (χ1) is 22.4. The highest BCUT2D eigenvalue weighted by atomic mass is 32.1. The Balaban J connectivity index is 1.24. The first-order valence-electron chi connectivity index (χ1n) is 15.4. The number of hydrogen-bond donors (Lipinski definition) is 2. The molecule has 0 bridgehead atoms. The number of anilines is 1. The fourth-order valence-electron chi connectivity index (χ4n) is 6.08. The molecule has 0 fully saturated rings. The molecule has 1 heterocycles. The lowest BCUT2D eigenvalue weighted by Crippen LogP contribution is -2.54. The van der Waals surface area contributed by atoms with Crippen LogP contribution in [0.2, 0.25) is 0 Å². The monoisotopic (exact) mass is 627 g/mol. The molecule has 6 rings (SSSR count). The quantitative estimate of drug-likeness (QED) is 0.114. The van der Waals surface area contributed by atoms with Crippen molar-refractivity contribution in [3.8, 4) is 5.75 Å². The third-order valence-electron chi connectivity index (χ3n) is 8.48. The highest BCUT2D eigenvalue weighted by Crippen LogP contribution is 2.39. The lowest BCUT2D eigenvalue weighted by atomic mass is 10.0. The van der Waals surface area contributed by atoms with Crippen LogP contribution in [0.5, 0.6) is 5.75 Å². The van der Waals surface area contributed by atoms with Crippen molar-refractivity contribution in [3.05, 3.63) is 161 Å². The van der Waals surface area contributed by atoms with Crippen LogP contribution in [0.1, 0.15) is 49.4 Å². The molecule has 1 amide bonds. The molecule has 230 valence electrons. The molecule has 1 aliphatic rings. The van der Waals surface area contributed by atoms with Gasteiger partial charge in [-0.1, -0.05) is 91.1 Å². The van der Waals surface area contributed by atoms with E-state index >= 15 is 0 Å². The highest BCUT2D eigenvalue weighted by molar-refractivity contribution is 7.80. The van der Waals surface area contributed by atoms with Crippen LogP contribution in [0, 0.1) is 0 Å². The minimum atomic E-state index is -1.000. The van der Waals surface area contributed by atoms with E-state index in [0.717, 1.165) is 41.0 Å². The maximum absolute atomic E-state index is 14.5. The number of amides is 1. The number of carbonyl (C=O) groups is 2. The van der Waals surface area contributed by atoms with Gasteiger partial charge in [-0.3, -0.25) is 0 Å². The molecule has 2 N–H and O–H groups in total. The molecule has 0 aliphatic carbocycles. The Morgan fingerprint density at radius 2 is 1.46 bits per heavy atom. The van der Waals surface area contributed by atoms with Gasteiger partial charge in [-0.25, -0.2) is 14.1 Å². The van der Waals surface area contributed by atoms with E-state index in [-0.39, 0.29) is 16.0 Å². The van der Waals surface area contributed by atoms with Crippen LogP contribution in [0.15, 0.2) is 127 Å². The molecule has 0 aromatic heterocycles. The molecule has 0 saturated heterocycles. The molecule has 0 saturated carbocycles. The van der Waals surface area contributed by atoms with Crippen LogP contribution in [-0.4, -0.2) is 35.1 Å². The maximum atomic E-state index is 14.5. The fraction of sp³-hybridized carbons (Fsp3) is 0.154. The van der Waals surface area contributed by atoms with E-state index < -0.39 is 5.97 Å². The van der Waals surface area contributed by atoms with Gasteiger partial charge in [0.15, 0.2) is 0 Å². The number of ether oxygens (including phenoxy) is 1. The van der Waals surface area contributed by atoms with Crippen LogP contribution >= 0.6 is 12.2 Å². The maximum Gasteiger partial charge on any atom is 0.350 e. The number of nitrogens with one attached hydrogen (secondary N) is 1. The van der Waals surface area contributed by atoms with E-state index in [0.29, 0.717) is 42.4 Å². The molecular formula is C39H35N2O4S+. The second-order valence-electron chi connectivity index (χ2n) is 11.6. The van der Waals surface area contributed by atoms with Crippen molar-refractivity contribution in [2.24, 2.45) is 0 Å². The highest BCUT2D eigenvalue weighted by Gasteiger charge is 2.45. The lowest BCUT2D eigenvalue weighted by Gasteiger charge is -2.32. The van der Waals surface area contributed by atoms with Gasteiger partial charge >= 0.3 is 11.9 Å². The van der Waals surface area contributed by atoms with Gasteiger partial charge in [-0.05, 0) is 65.6 Å². The van der Waals surface area contributed by atoms with Gasteiger partial charge in [0, 0.05) is 30.2 Å². The second-order valence-corrected chi connectivity index (χ2v) is 12.1. The summed E-state index contributed by atoms with van der Waals surface area (Å²) in [4.78, 5) is 26.5. The number of nitrogens with zero attached hydrogens (tertiary/aromatic N) is 1. The zero-order valence-corrected chi connectivity index (χ0v) is 26.2. The van der Waals surface area contributed by atoms with E-state index in [4.69, 9.17) is 17.0 Å². The van der Waals surface area contributed by atoms with E-state index in [2.05, 4.69) is 23.5 Å². The Kier molecular flexibility index (Phi) is 9.33. The molecule has 1 unspecified atom stereocenters. The number of carbonyl (C=O) groups excluding carboxylic acids is 1. The molecule has 5 aromatic carbocycles. The van der Waals surface area contributed by atoms with Gasteiger partial charge < -0.3 is 15.2 Å². The number of carboxylic acid groups (broad SMARTS) is 1. The number of hydrogen-bond acceptors (Lipinski definition) is 4. The standard InChI is InChI=1S/C39H34N2O4S/c42-38(31-16-14-29(15-17-31)24-28-8-3-1-4-9-28)41(23-21-37(46)40-34-13-7-12-33(25-34)39(43)44)22-20-32-26-35(18-19-36(32)41)45-27-30-10-5-2-6-11-30/h1-19,25-26H,20-24,27H2,(H-,40,43,44,46)/p+1. The van der Waals surface area contributed by atoms with Crippen LogP contribution in [0.3, 0.4) is 0 Å². The molecule has 46 heavy (non-hydrogen) atoms. The minimum Gasteiger partial charge on any atom is -0.489 e. The summed E-state index contributed by atoms with van der Waals surface area (Å²) in [5, 5.41) is 12.6. The van der Waals surface area contributed by atoms with Gasteiger partial charge in [0.2, 0.25) is 0 Å². The molecule has 0 radical (unpaired) electrons. The lowest BCUT2D eigenvalue weighted by molar-refractivity contribution is 0.0696. The molecule has 7 heteroatoms. The molecule has 5 aromatic rings. The van der Waals surface area contributed by atoms with Gasteiger partial charge in [0.05, 0.1) is 29.2 Å². The third kappa shape index (κ3) is 7.07. The number of thiocarbonyl (C=S) groups is 1. The summed E-state index contributed by atoms with van der Waals surface area (Å²) in [6, 6.07) is 40.9. The number of benzene rings is 5. The van der Waals surface area contributed by atoms with Crippen LogP contribution in [0.25, 0.3) is 0 Å². The summed E-state index contributed by atoms with van der Waals surface area (Å²) in [6.07, 6.45) is 1.97. The Bertz CT molecular complexity index is 1860. The van der Waals surface area contributed by atoms with Gasteiger partial charge in [-0.2, -0.15) is 0 Å². The predicted molar refractivity (Wildman–Crippen MR) is 187 cm³/mol. The Morgan fingerprint density at radius 3 is 2.17 bits per heavy atom. The molecule has 6 nitrogen and oxygen atoms in total. The Hall–Kier alpha value is -5.11. The summed E-state index contributed by atoms with van der Waals surface area (Å²) in [5.74, 6) is -0.199. The predicted octanol–water partition coefficient (Wildman–Crippen LogP) is 8.09. The third-order valence-corrected chi connectivity index (χ3v) is 8.78. The zero-order valence-electron chi connectivity index (χ0n) is 25.4. The second kappa shape index (κ2) is 13.9. The molecular weight excluding hydrogens is 593 g/mol.